The van der Waals surface area contributed by atoms with E-state index in [1.165, 1.54) is 6.08 Å². The molecule has 1 aliphatic heterocycles. The highest BCUT2D eigenvalue weighted by Crippen LogP contribution is 2.32. The van der Waals surface area contributed by atoms with Gasteiger partial charge < -0.3 is 14.6 Å². The molecule has 1 heterocycles. The van der Waals surface area contributed by atoms with Crippen molar-refractivity contribution in [3.05, 3.63) is 63.1 Å². The van der Waals surface area contributed by atoms with Crippen molar-refractivity contribution in [1.29, 1.82) is 0 Å². The zero-order chi connectivity index (χ0) is 16.4. The molecule has 4 nitrogen and oxygen atoms in total. The predicted octanol–water partition coefficient (Wildman–Crippen LogP) is 4.23. The molecule has 0 atom stereocenters. The number of fused-ring (bicyclic) bond motifs is 1. The lowest BCUT2D eigenvalue weighted by Gasteiger charge is -2.20. The van der Waals surface area contributed by atoms with Gasteiger partial charge in [0.2, 0.25) is 0 Å². The second-order valence-electron chi connectivity index (χ2n) is 5.31. The van der Waals surface area contributed by atoms with Crippen LogP contribution in [0.25, 0.3) is 6.08 Å². The van der Waals surface area contributed by atoms with Crippen molar-refractivity contribution in [2.75, 3.05) is 6.79 Å². The number of carbonyl (C=O) groups excluding carboxylic acids is 1. The number of benzene rings is 2. The minimum absolute atomic E-state index is 0.0134. The summed E-state index contributed by atoms with van der Waals surface area (Å²) < 4.78 is 11.7. The van der Waals surface area contributed by atoms with Crippen LogP contribution in [0.15, 0.2) is 40.9 Å². The fourth-order valence-electron chi connectivity index (χ4n) is 2.44. The van der Waals surface area contributed by atoms with Crippen molar-refractivity contribution >= 4 is 27.8 Å². The maximum atomic E-state index is 12.3. The summed E-state index contributed by atoms with van der Waals surface area (Å²) in [6.07, 6.45) is 3.13. The van der Waals surface area contributed by atoms with Crippen LogP contribution in [0, 0.1) is 6.92 Å². The molecule has 0 saturated heterocycles. The first kappa shape index (κ1) is 15.8. The average molecular weight is 375 g/mol. The first-order valence-corrected chi connectivity index (χ1v) is 7.89. The molecule has 0 unspecified atom stereocenters. The molecule has 0 aromatic heterocycles. The van der Waals surface area contributed by atoms with Gasteiger partial charge in [0.1, 0.15) is 11.5 Å². The van der Waals surface area contributed by atoms with E-state index in [0.717, 1.165) is 26.9 Å². The summed E-state index contributed by atoms with van der Waals surface area (Å²) in [4.78, 5) is 12.3. The van der Waals surface area contributed by atoms with Gasteiger partial charge in [-0.2, -0.15) is 0 Å². The van der Waals surface area contributed by atoms with Gasteiger partial charge in [-0.1, -0.05) is 22.0 Å². The zero-order valence-electron chi connectivity index (χ0n) is 12.5. The molecular weight excluding hydrogens is 360 g/mol. The zero-order valence-corrected chi connectivity index (χ0v) is 14.1. The monoisotopic (exact) mass is 374 g/mol. The number of rotatable bonds is 3. The molecule has 0 fully saturated rings. The van der Waals surface area contributed by atoms with Crippen LogP contribution in [0.1, 0.15) is 27.0 Å². The number of allylic oxidation sites excluding steroid dienone is 1. The standard InChI is InChI=1S/C18H15BrO4/c1-11-2-4-15(17(21)6-11)16(20)5-3-12-7-14(19)8-13-9-22-10-23-18(12)13/h2-8,21H,9-10H2,1H3. The Labute approximate surface area is 142 Å². The lowest BCUT2D eigenvalue weighted by molar-refractivity contribution is -0.0165. The Morgan fingerprint density at radius 3 is 2.91 bits per heavy atom. The first-order valence-electron chi connectivity index (χ1n) is 7.09. The van der Waals surface area contributed by atoms with E-state index in [0.29, 0.717) is 6.61 Å². The van der Waals surface area contributed by atoms with Gasteiger partial charge in [-0.3, -0.25) is 4.79 Å². The molecule has 1 aliphatic rings. The third-order valence-electron chi connectivity index (χ3n) is 3.54. The number of aryl methyl sites for hydroxylation is 1. The normalized spacial score (nSPS) is 13.7. The van der Waals surface area contributed by atoms with Crippen LogP contribution in [-0.2, 0) is 11.3 Å². The molecule has 0 spiro atoms. The molecule has 0 aliphatic carbocycles. The van der Waals surface area contributed by atoms with Gasteiger partial charge in [-0.15, -0.1) is 0 Å². The number of phenols is 1. The van der Waals surface area contributed by atoms with Gasteiger partial charge in [0.15, 0.2) is 12.6 Å². The lowest BCUT2D eigenvalue weighted by atomic mass is 10.0. The highest BCUT2D eigenvalue weighted by atomic mass is 79.9. The average Bonchev–Trinajstić information content (AvgIpc) is 2.52. The molecule has 0 amide bonds. The van der Waals surface area contributed by atoms with E-state index >= 15 is 0 Å². The number of carbonyl (C=O) groups is 1. The lowest BCUT2D eigenvalue weighted by Crippen LogP contribution is -2.12. The number of hydrogen-bond acceptors (Lipinski definition) is 4. The van der Waals surface area contributed by atoms with E-state index < -0.39 is 0 Å². The fourth-order valence-corrected chi connectivity index (χ4v) is 2.96. The van der Waals surface area contributed by atoms with Crippen LogP contribution < -0.4 is 4.74 Å². The Kier molecular flexibility index (Phi) is 4.50. The first-order chi connectivity index (χ1) is 11.0. The smallest absolute Gasteiger partial charge is 0.189 e. The Morgan fingerprint density at radius 1 is 1.30 bits per heavy atom. The van der Waals surface area contributed by atoms with Gasteiger partial charge in [0, 0.05) is 15.6 Å². The highest BCUT2D eigenvalue weighted by Gasteiger charge is 2.15. The summed E-state index contributed by atoms with van der Waals surface area (Å²) >= 11 is 3.44. The number of aromatic hydroxyl groups is 1. The Bertz CT molecular complexity index is 796. The van der Waals surface area contributed by atoms with Crippen LogP contribution in [0.2, 0.25) is 0 Å². The summed E-state index contributed by atoms with van der Waals surface area (Å²) in [6, 6.07) is 8.80. The van der Waals surface area contributed by atoms with Gasteiger partial charge in [0.05, 0.1) is 12.2 Å². The van der Waals surface area contributed by atoms with Crippen molar-refractivity contribution in [1.82, 2.24) is 0 Å². The molecule has 0 bridgehead atoms. The summed E-state index contributed by atoms with van der Waals surface area (Å²) in [6.45, 7) is 2.53. The highest BCUT2D eigenvalue weighted by molar-refractivity contribution is 9.10. The van der Waals surface area contributed by atoms with Crippen molar-refractivity contribution in [3.8, 4) is 11.5 Å². The second-order valence-corrected chi connectivity index (χ2v) is 6.23. The van der Waals surface area contributed by atoms with E-state index in [2.05, 4.69) is 15.9 Å². The third kappa shape index (κ3) is 3.46. The molecule has 118 valence electrons. The third-order valence-corrected chi connectivity index (χ3v) is 3.99. The topological polar surface area (TPSA) is 55.8 Å². The number of phenolic OH excluding ortho intramolecular Hbond substituents is 1. The molecule has 0 radical (unpaired) electrons. The van der Waals surface area contributed by atoms with Crippen LogP contribution in [-0.4, -0.2) is 17.7 Å². The van der Waals surface area contributed by atoms with Crippen molar-refractivity contribution in [2.24, 2.45) is 0 Å². The molecule has 5 heteroatoms. The molecule has 2 aromatic rings. The molecule has 0 saturated carbocycles. The molecule has 2 aromatic carbocycles. The van der Waals surface area contributed by atoms with E-state index in [1.807, 2.05) is 19.1 Å². The maximum absolute atomic E-state index is 12.3. The number of hydrogen-bond donors (Lipinski definition) is 1. The Hall–Kier alpha value is -2.11. The quantitative estimate of drug-likeness (QED) is 0.645. The van der Waals surface area contributed by atoms with Crippen LogP contribution in [0.4, 0.5) is 0 Å². The number of ketones is 1. The van der Waals surface area contributed by atoms with E-state index in [4.69, 9.17) is 9.47 Å². The van der Waals surface area contributed by atoms with Gasteiger partial charge in [0.25, 0.3) is 0 Å². The van der Waals surface area contributed by atoms with Gasteiger partial charge >= 0.3 is 0 Å². The minimum atomic E-state index is -0.261. The minimum Gasteiger partial charge on any atom is -0.507 e. The van der Waals surface area contributed by atoms with Crippen LogP contribution >= 0.6 is 15.9 Å². The molecule has 1 N–H and O–H groups in total. The second kappa shape index (κ2) is 6.56. The van der Waals surface area contributed by atoms with Gasteiger partial charge in [-0.25, -0.2) is 0 Å². The summed E-state index contributed by atoms with van der Waals surface area (Å²) in [7, 11) is 0. The largest absolute Gasteiger partial charge is 0.507 e. The summed E-state index contributed by atoms with van der Waals surface area (Å²) in [5.74, 6) is 0.445. The predicted molar refractivity (Wildman–Crippen MR) is 90.6 cm³/mol. The fraction of sp³-hybridized carbons (Fsp3) is 0.167. The van der Waals surface area contributed by atoms with Crippen molar-refractivity contribution in [3.63, 3.8) is 0 Å². The van der Waals surface area contributed by atoms with Crippen LogP contribution in [0.3, 0.4) is 0 Å². The van der Waals surface area contributed by atoms with E-state index in [-0.39, 0.29) is 23.9 Å². The van der Waals surface area contributed by atoms with Gasteiger partial charge in [-0.05, 0) is 48.9 Å². The SMILES string of the molecule is Cc1ccc(C(=O)C=Cc2cc(Br)cc3c2OCOC3)c(O)c1. The van der Waals surface area contributed by atoms with Crippen molar-refractivity contribution in [2.45, 2.75) is 13.5 Å². The van der Waals surface area contributed by atoms with Crippen LogP contribution in [0.5, 0.6) is 11.5 Å². The molecule has 3 rings (SSSR count). The molecular formula is C18H15BrO4. The summed E-state index contributed by atoms with van der Waals surface area (Å²) in [5.41, 5.74) is 2.89. The Morgan fingerprint density at radius 2 is 2.13 bits per heavy atom. The van der Waals surface area contributed by atoms with Crippen molar-refractivity contribution < 1.29 is 19.4 Å². The number of ether oxygens (including phenoxy) is 2. The van der Waals surface area contributed by atoms with E-state index in [1.54, 1.807) is 24.3 Å². The maximum Gasteiger partial charge on any atom is 0.189 e. The Balaban J connectivity index is 1.91. The molecule has 23 heavy (non-hydrogen) atoms. The number of halogens is 1. The van der Waals surface area contributed by atoms with E-state index in [9.17, 15) is 9.90 Å². The summed E-state index contributed by atoms with van der Waals surface area (Å²) in [5, 5.41) is 9.89.